The number of carbonyl (C=O) groups excluding carboxylic acids is 3. The molecule has 152 valence electrons. The Balaban J connectivity index is 1.86. The summed E-state index contributed by atoms with van der Waals surface area (Å²) >= 11 is 6.13. The molecule has 6 heteroatoms. The molecule has 1 atom stereocenters. The molecule has 2 aromatic carbocycles. The van der Waals surface area contributed by atoms with Gasteiger partial charge in [0.2, 0.25) is 0 Å². The van der Waals surface area contributed by atoms with Crippen LogP contribution in [-0.4, -0.2) is 42.8 Å². The molecule has 0 aromatic heterocycles. The first-order chi connectivity index (χ1) is 14.0. The number of esters is 1. The van der Waals surface area contributed by atoms with E-state index in [2.05, 4.69) is 0 Å². The third kappa shape index (κ3) is 4.85. The number of carbonyl (C=O) groups is 3. The van der Waals surface area contributed by atoms with Gasteiger partial charge >= 0.3 is 5.97 Å². The molecule has 0 aliphatic carbocycles. The number of aldehydes is 1. The first-order valence-corrected chi connectivity index (χ1v) is 10.1. The second kappa shape index (κ2) is 9.23. The molecule has 0 saturated carbocycles. The highest BCUT2D eigenvalue weighted by molar-refractivity contribution is 6.30. The van der Waals surface area contributed by atoms with E-state index in [0.717, 1.165) is 11.8 Å². The van der Waals surface area contributed by atoms with Crippen molar-refractivity contribution >= 4 is 29.8 Å². The summed E-state index contributed by atoms with van der Waals surface area (Å²) in [5.41, 5.74) is 1.15. The molecule has 0 bridgehead atoms. The second-order valence-electron chi connectivity index (χ2n) is 7.38. The molecule has 2 aromatic rings. The molecule has 3 rings (SSSR count). The molecule has 1 heterocycles. The minimum absolute atomic E-state index is 0.151. The zero-order valence-electron chi connectivity index (χ0n) is 16.4. The van der Waals surface area contributed by atoms with Gasteiger partial charge in [-0.25, -0.2) is 0 Å². The number of rotatable bonds is 6. The first kappa shape index (κ1) is 21.1. The lowest BCUT2D eigenvalue weighted by Gasteiger charge is -2.41. The molecule has 5 nitrogen and oxygen atoms in total. The predicted molar refractivity (Wildman–Crippen MR) is 111 cm³/mol. The molecule has 0 spiro atoms. The summed E-state index contributed by atoms with van der Waals surface area (Å²) in [5, 5.41) is 0.612. The average Bonchev–Trinajstić information content (AvgIpc) is 2.73. The number of hydrogen-bond donors (Lipinski definition) is 0. The number of piperidine rings is 1. The number of nitrogens with zero attached hydrogens (tertiary/aromatic N) is 1. The van der Waals surface area contributed by atoms with Gasteiger partial charge in [-0.05, 0) is 56.0 Å². The van der Waals surface area contributed by atoms with Crippen molar-refractivity contribution in [2.24, 2.45) is 5.41 Å². The molecule has 0 unspecified atom stereocenters. The van der Waals surface area contributed by atoms with Crippen LogP contribution in [0.5, 0.6) is 0 Å². The van der Waals surface area contributed by atoms with Gasteiger partial charge in [-0.3, -0.25) is 14.4 Å². The van der Waals surface area contributed by atoms with Crippen molar-refractivity contribution in [1.29, 1.82) is 0 Å². The topological polar surface area (TPSA) is 63.7 Å². The number of ether oxygens (including phenoxy) is 1. The van der Waals surface area contributed by atoms with Gasteiger partial charge in [0.05, 0.1) is 12.0 Å². The number of halogens is 1. The quantitative estimate of drug-likeness (QED) is 0.526. The zero-order valence-corrected chi connectivity index (χ0v) is 17.2. The maximum atomic E-state index is 13.0. The van der Waals surface area contributed by atoms with Gasteiger partial charge in [0.15, 0.2) is 0 Å². The normalized spacial score (nSPS) is 18.9. The minimum atomic E-state index is -0.808. The summed E-state index contributed by atoms with van der Waals surface area (Å²) in [4.78, 5) is 38.6. The highest BCUT2D eigenvalue weighted by Crippen LogP contribution is 2.36. The van der Waals surface area contributed by atoms with E-state index in [-0.39, 0.29) is 25.0 Å². The van der Waals surface area contributed by atoms with Crippen molar-refractivity contribution in [3.63, 3.8) is 0 Å². The highest BCUT2D eigenvalue weighted by Gasteiger charge is 2.45. The lowest BCUT2D eigenvalue weighted by Crippen LogP contribution is -2.51. The predicted octanol–water partition coefficient (Wildman–Crippen LogP) is 4.18. The van der Waals surface area contributed by atoms with E-state index in [9.17, 15) is 14.4 Å². The zero-order chi connectivity index (χ0) is 20.9. The summed E-state index contributed by atoms with van der Waals surface area (Å²) < 4.78 is 5.40. The molecular formula is C23H24ClNO4. The Labute approximate surface area is 175 Å². The van der Waals surface area contributed by atoms with Crippen molar-refractivity contribution in [1.82, 2.24) is 4.90 Å². The van der Waals surface area contributed by atoms with Crippen molar-refractivity contribution in [2.45, 2.75) is 26.2 Å². The molecule has 0 N–H and O–H groups in total. The van der Waals surface area contributed by atoms with E-state index in [1.165, 1.54) is 0 Å². The molecule has 1 amide bonds. The summed E-state index contributed by atoms with van der Waals surface area (Å²) in [6.07, 6.45) is 2.55. The Morgan fingerprint density at radius 3 is 2.62 bits per heavy atom. The van der Waals surface area contributed by atoms with Gasteiger partial charge in [-0.1, -0.05) is 35.9 Å². The number of benzene rings is 2. The van der Waals surface area contributed by atoms with Crippen molar-refractivity contribution < 1.29 is 19.1 Å². The Morgan fingerprint density at radius 1 is 1.21 bits per heavy atom. The fraction of sp³-hybridized carbons (Fsp3) is 0.348. The summed E-state index contributed by atoms with van der Waals surface area (Å²) in [6.45, 7) is 2.93. The van der Waals surface area contributed by atoms with Crippen molar-refractivity contribution in [2.75, 3.05) is 19.7 Å². The van der Waals surface area contributed by atoms with Crippen molar-refractivity contribution in [3.05, 3.63) is 70.2 Å². The Hall–Kier alpha value is -2.66. The van der Waals surface area contributed by atoms with Crippen LogP contribution >= 0.6 is 11.6 Å². The molecule has 1 aliphatic rings. The molecular weight excluding hydrogens is 390 g/mol. The van der Waals surface area contributed by atoms with E-state index in [4.69, 9.17) is 16.3 Å². The highest BCUT2D eigenvalue weighted by atomic mass is 35.5. The fourth-order valence-electron chi connectivity index (χ4n) is 3.90. The van der Waals surface area contributed by atoms with Crippen LogP contribution in [0.25, 0.3) is 0 Å². The van der Waals surface area contributed by atoms with Crippen molar-refractivity contribution in [3.8, 4) is 0 Å². The Morgan fingerprint density at radius 2 is 1.97 bits per heavy atom. The van der Waals surface area contributed by atoms with Crippen LogP contribution in [-0.2, 0) is 16.0 Å². The number of hydrogen-bond acceptors (Lipinski definition) is 4. The van der Waals surface area contributed by atoms with Crippen LogP contribution in [0.3, 0.4) is 0 Å². The monoisotopic (exact) mass is 413 g/mol. The summed E-state index contributed by atoms with van der Waals surface area (Å²) in [7, 11) is 0. The smallest absolute Gasteiger partial charge is 0.314 e. The van der Waals surface area contributed by atoms with E-state index in [1.807, 2.05) is 18.2 Å². The first-order valence-electron chi connectivity index (χ1n) is 9.73. The van der Waals surface area contributed by atoms with E-state index < -0.39 is 5.41 Å². The van der Waals surface area contributed by atoms with Gasteiger partial charge in [0, 0.05) is 29.2 Å². The van der Waals surface area contributed by atoms with Crippen LogP contribution in [0.2, 0.25) is 5.02 Å². The minimum Gasteiger partial charge on any atom is -0.466 e. The fourth-order valence-corrected chi connectivity index (χ4v) is 4.11. The maximum Gasteiger partial charge on any atom is 0.314 e. The van der Waals surface area contributed by atoms with E-state index >= 15 is 0 Å². The standard InChI is InChI=1S/C23H24ClNO4/c1-2-29-22(28)23(14-18-5-3-6-20(24)13-18)11-4-12-25(16-23)21(27)19-9-7-17(15-26)8-10-19/h3,5-10,13,15H,2,4,11-12,14,16H2,1H3/t23-/m1/s1. The van der Waals surface area contributed by atoms with Gasteiger partial charge in [0.1, 0.15) is 6.29 Å². The van der Waals surface area contributed by atoms with Crippen LogP contribution in [0.1, 0.15) is 46.0 Å². The largest absolute Gasteiger partial charge is 0.466 e. The van der Waals surface area contributed by atoms with Crippen LogP contribution in [0, 0.1) is 5.41 Å². The SMILES string of the molecule is CCOC(=O)[C@@]1(Cc2cccc(Cl)c2)CCCN(C(=O)c2ccc(C=O)cc2)C1. The molecule has 1 fully saturated rings. The van der Waals surface area contributed by atoms with Gasteiger partial charge in [-0.2, -0.15) is 0 Å². The Bertz CT molecular complexity index is 896. The lowest BCUT2D eigenvalue weighted by atomic mass is 9.75. The number of likely N-dealkylation sites (tertiary alicyclic amines) is 1. The number of amides is 1. The lowest BCUT2D eigenvalue weighted by molar-refractivity contribution is -0.158. The van der Waals surface area contributed by atoms with Gasteiger partial charge in [0.25, 0.3) is 5.91 Å². The van der Waals surface area contributed by atoms with Gasteiger partial charge < -0.3 is 9.64 Å². The molecule has 1 aliphatic heterocycles. The second-order valence-corrected chi connectivity index (χ2v) is 7.81. The molecule has 1 saturated heterocycles. The third-order valence-electron chi connectivity index (χ3n) is 5.30. The van der Waals surface area contributed by atoms with Crippen LogP contribution in [0.4, 0.5) is 0 Å². The van der Waals surface area contributed by atoms with Gasteiger partial charge in [-0.15, -0.1) is 0 Å². The Kier molecular flexibility index (Phi) is 6.70. The third-order valence-corrected chi connectivity index (χ3v) is 5.53. The molecule has 0 radical (unpaired) electrons. The summed E-state index contributed by atoms with van der Waals surface area (Å²) in [6, 6.07) is 14.0. The average molecular weight is 414 g/mol. The van der Waals surface area contributed by atoms with Crippen LogP contribution < -0.4 is 0 Å². The van der Waals surface area contributed by atoms with Crippen LogP contribution in [0.15, 0.2) is 48.5 Å². The summed E-state index contributed by atoms with van der Waals surface area (Å²) in [5.74, 6) is -0.435. The molecule has 29 heavy (non-hydrogen) atoms. The van der Waals surface area contributed by atoms with E-state index in [0.29, 0.717) is 42.0 Å². The van der Waals surface area contributed by atoms with E-state index in [1.54, 1.807) is 42.2 Å². The maximum absolute atomic E-state index is 13.0.